The monoisotopic (exact) mass is 295 g/mol. The summed E-state index contributed by atoms with van der Waals surface area (Å²) in [6, 6.07) is 6.54. The third kappa shape index (κ3) is 2.11. The summed E-state index contributed by atoms with van der Waals surface area (Å²) in [5.74, 6) is 0. The van der Waals surface area contributed by atoms with Gasteiger partial charge in [0.25, 0.3) is 0 Å². The minimum atomic E-state index is 0.549. The molecule has 1 aromatic carbocycles. The highest BCUT2D eigenvalue weighted by Crippen LogP contribution is 2.43. The Morgan fingerprint density at radius 3 is 2.65 bits per heavy atom. The quantitative estimate of drug-likeness (QED) is 0.788. The normalized spacial score (nSPS) is 22.6. The molecule has 17 heavy (non-hydrogen) atoms. The second-order valence-corrected chi connectivity index (χ2v) is 6.31. The van der Waals surface area contributed by atoms with Gasteiger partial charge in [-0.2, -0.15) is 0 Å². The number of hydrogen-bond donors (Lipinski definition) is 0. The second-order valence-electron chi connectivity index (χ2n) is 5.40. The van der Waals surface area contributed by atoms with Crippen LogP contribution >= 0.6 is 15.9 Å². The van der Waals surface area contributed by atoms with E-state index in [1.165, 1.54) is 41.7 Å². The van der Waals surface area contributed by atoms with E-state index < -0.39 is 0 Å². The summed E-state index contributed by atoms with van der Waals surface area (Å²) >= 11 is 3.56. The molecule has 0 N–H and O–H groups in total. The molecular formula is C14H18BrNO. The molecule has 2 nitrogen and oxygen atoms in total. The predicted octanol–water partition coefficient (Wildman–Crippen LogP) is 3.37. The van der Waals surface area contributed by atoms with Crippen LogP contribution in [0.15, 0.2) is 22.7 Å². The first-order chi connectivity index (χ1) is 8.19. The van der Waals surface area contributed by atoms with Crippen LogP contribution in [0.2, 0.25) is 0 Å². The summed E-state index contributed by atoms with van der Waals surface area (Å²) in [6.07, 6.45) is 2.47. The Hall–Kier alpha value is -0.540. The van der Waals surface area contributed by atoms with Crippen molar-refractivity contribution >= 4 is 21.6 Å². The molecule has 0 bridgehead atoms. The molecule has 0 radical (unpaired) electrons. The van der Waals surface area contributed by atoms with E-state index in [4.69, 9.17) is 4.74 Å². The lowest BCUT2D eigenvalue weighted by atomic mass is 9.73. The summed E-state index contributed by atoms with van der Waals surface area (Å²) < 4.78 is 6.63. The van der Waals surface area contributed by atoms with Crippen molar-refractivity contribution < 1.29 is 4.74 Å². The van der Waals surface area contributed by atoms with Crippen molar-refractivity contribution in [2.45, 2.75) is 19.8 Å². The average molecular weight is 296 g/mol. The number of nitrogens with zero attached hydrogens (tertiary/aromatic N) is 1. The number of ether oxygens (including phenoxy) is 1. The standard InChI is InChI=1S/C14H18BrNO/c1-11-2-3-12(15)8-13(11)16-9-14(10-16)4-6-17-7-5-14/h2-3,8H,4-7,9-10H2,1H3. The third-order valence-electron chi connectivity index (χ3n) is 4.12. The van der Waals surface area contributed by atoms with Crippen molar-refractivity contribution in [1.82, 2.24) is 0 Å². The molecular weight excluding hydrogens is 278 g/mol. The first-order valence-electron chi connectivity index (χ1n) is 6.27. The average Bonchev–Trinajstić information content (AvgIpc) is 2.30. The van der Waals surface area contributed by atoms with E-state index in [-0.39, 0.29) is 0 Å². The van der Waals surface area contributed by atoms with Gasteiger partial charge in [0.05, 0.1) is 0 Å². The summed E-state index contributed by atoms with van der Waals surface area (Å²) in [4.78, 5) is 2.51. The van der Waals surface area contributed by atoms with Crippen molar-refractivity contribution in [2.75, 3.05) is 31.2 Å². The van der Waals surface area contributed by atoms with E-state index in [1.54, 1.807) is 0 Å². The summed E-state index contributed by atoms with van der Waals surface area (Å²) in [7, 11) is 0. The van der Waals surface area contributed by atoms with E-state index >= 15 is 0 Å². The topological polar surface area (TPSA) is 12.5 Å². The largest absolute Gasteiger partial charge is 0.381 e. The van der Waals surface area contributed by atoms with Crippen LogP contribution in [-0.4, -0.2) is 26.3 Å². The molecule has 0 saturated carbocycles. The Morgan fingerprint density at radius 2 is 1.94 bits per heavy atom. The van der Waals surface area contributed by atoms with Gasteiger partial charge < -0.3 is 9.64 Å². The van der Waals surface area contributed by atoms with Crippen molar-refractivity contribution in [3.8, 4) is 0 Å². The third-order valence-corrected chi connectivity index (χ3v) is 4.61. The van der Waals surface area contributed by atoms with Crippen molar-refractivity contribution in [3.05, 3.63) is 28.2 Å². The molecule has 2 heterocycles. The van der Waals surface area contributed by atoms with Gasteiger partial charge in [-0.3, -0.25) is 0 Å². The number of rotatable bonds is 1. The van der Waals surface area contributed by atoms with Crippen molar-refractivity contribution in [3.63, 3.8) is 0 Å². The molecule has 2 saturated heterocycles. The first-order valence-corrected chi connectivity index (χ1v) is 7.07. The number of benzene rings is 1. The Labute approximate surface area is 111 Å². The second kappa shape index (κ2) is 4.29. The zero-order valence-electron chi connectivity index (χ0n) is 10.2. The fraction of sp³-hybridized carbons (Fsp3) is 0.571. The van der Waals surface area contributed by atoms with Gasteiger partial charge in [0.2, 0.25) is 0 Å². The molecule has 2 fully saturated rings. The SMILES string of the molecule is Cc1ccc(Br)cc1N1CC2(CCOCC2)C1. The molecule has 0 atom stereocenters. The molecule has 3 heteroatoms. The molecule has 0 amide bonds. The lowest BCUT2D eigenvalue weighted by Gasteiger charge is -2.53. The maximum absolute atomic E-state index is 5.46. The van der Waals surface area contributed by atoms with Gasteiger partial charge in [-0.05, 0) is 37.5 Å². The predicted molar refractivity (Wildman–Crippen MR) is 73.6 cm³/mol. The Balaban J connectivity index is 1.74. The van der Waals surface area contributed by atoms with Gasteiger partial charge in [0, 0.05) is 41.9 Å². The Kier molecular flexibility index (Phi) is 2.91. The lowest BCUT2D eigenvalue weighted by molar-refractivity contribution is -0.000227. The fourth-order valence-corrected chi connectivity index (χ4v) is 3.33. The minimum absolute atomic E-state index is 0.549. The van der Waals surface area contributed by atoms with E-state index in [9.17, 15) is 0 Å². The van der Waals surface area contributed by atoms with Crippen LogP contribution in [-0.2, 0) is 4.74 Å². The molecule has 0 unspecified atom stereocenters. The molecule has 92 valence electrons. The number of aryl methyl sites for hydroxylation is 1. The van der Waals surface area contributed by atoms with Gasteiger partial charge in [0.15, 0.2) is 0 Å². The Morgan fingerprint density at radius 1 is 1.24 bits per heavy atom. The zero-order valence-corrected chi connectivity index (χ0v) is 11.8. The molecule has 1 aromatic rings. The highest BCUT2D eigenvalue weighted by atomic mass is 79.9. The fourth-order valence-electron chi connectivity index (χ4n) is 2.98. The highest BCUT2D eigenvalue weighted by Gasteiger charge is 2.44. The lowest BCUT2D eigenvalue weighted by Crippen LogP contribution is -2.58. The van der Waals surface area contributed by atoms with E-state index in [0.717, 1.165) is 13.2 Å². The molecule has 1 spiro atoms. The van der Waals surface area contributed by atoms with Gasteiger partial charge in [-0.15, -0.1) is 0 Å². The molecule has 0 aromatic heterocycles. The van der Waals surface area contributed by atoms with E-state index in [2.05, 4.69) is 46.0 Å². The van der Waals surface area contributed by atoms with Crippen LogP contribution < -0.4 is 4.90 Å². The summed E-state index contributed by atoms with van der Waals surface area (Å²) in [6.45, 7) is 6.49. The van der Waals surface area contributed by atoms with Crippen LogP contribution in [0.1, 0.15) is 18.4 Å². The molecule has 2 aliphatic heterocycles. The van der Waals surface area contributed by atoms with Crippen LogP contribution in [0.5, 0.6) is 0 Å². The summed E-state index contributed by atoms with van der Waals surface area (Å²) in [5.41, 5.74) is 3.30. The minimum Gasteiger partial charge on any atom is -0.381 e. The highest BCUT2D eigenvalue weighted by molar-refractivity contribution is 9.10. The van der Waals surface area contributed by atoms with Crippen molar-refractivity contribution in [2.24, 2.45) is 5.41 Å². The van der Waals surface area contributed by atoms with E-state index in [1.807, 2.05) is 0 Å². The van der Waals surface area contributed by atoms with Crippen molar-refractivity contribution in [1.29, 1.82) is 0 Å². The number of hydrogen-bond acceptors (Lipinski definition) is 2. The number of halogens is 1. The maximum Gasteiger partial charge on any atom is 0.0472 e. The van der Waals surface area contributed by atoms with Gasteiger partial charge >= 0.3 is 0 Å². The zero-order chi connectivity index (χ0) is 11.9. The molecule has 0 aliphatic carbocycles. The van der Waals surface area contributed by atoms with Gasteiger partial charge in [-0.1, -0.05) is 22.0 Å². The van der Waals surface area contributed by atoms with E-state index in [0.29, 0.717) is 5.41 Å². The van der Waals surface area contributed by atoms with Gasteiger partial charge in [0.1, 0.15) is 0 Å². The van der Waals surface area contributed by atoms with Crippen LogP contribution in [0.4, 0.5) is 5.69 Å². The first kappa shape index (κ1) is 11.5. The smallest absolute Gasteiger partial charge is 0.0472 e. The number of anilines is 1. The summed E-state index contributed by atoms with van der Waals surface area (Å²) in [5, 5.41) is 0. The molecule has 2 aliphatic rings. The van der Waals surface area contributed by atoms with Crippen LogP contribution in [0.25, 0.3) is 0 Å². The van der Waals surface area contributed by atoms with Gasteiger partial charge in [-0.25, -0.2) is 0 Å². The van der Waals surface area contributed by atoms with Crippen LogP contribution in [0, 0.1) is 12.3 Å². The maximum atomic E-state index is 5.46. The molecule has 3 rings (SSSR count). The Bertz CT molecular complexity index is 418. The van der Waals surface area contributed by atoms with Crippen LogP contribution in [0.3, 0.4) is 0 Å².